The fourth-order valence-corrected chi connectivity index (χ4v) is 4.36. The summed E-state index contributed by atoms with van der Waals surface area (Å²) in [6.07, 6.45) is 6.57. The summed E-state index contributed by atoms with van der Waals surface area (Å²) in [4.78, 5) is 21.5. The Morgan fingerprint density at radius 1 is 1.00 bits per heavy atom. The number of hydrogen-bond donors (Lipinski definition) is 2. The Labute approximate surface area is 172 Å². The van der Waals surface area contributed by atoms with Crippen molar-refractivity contribution >= 4 is 17.3 Å². The van der Waals surface area contributed by atoms with Crippen molar-refractivity contribution in [3.05, 3.63) is 54.4 Å². The summed E-state index contributed by atoms with van der Waals surface area (Å²) in [5.41, 5.74) is 1.83. The number of hydrogen-bond acceptors (Lipinski definition) is 5. The molecular weight excluding hydrogens is 364 g/mol. The predicted octanol–water partition coefficient (Wildman–Crippen LogP) is 2.99. The molecule has 0 bridgehead atoms. The van der Waals surface area contributed by atoms with E-state index in [4.69, 9.17) is 0 Å². The van der Waals surface area contributed by atoms with E-state index in [9.17, 15) is 9.90 Å². The molecule has 2 saturated heterocycles. The molecule has 4 rings (SSSR count). The van der Waals surface area contributed by atoms with Crippen molar-refractivity contribution in [1.82, 2.24) is 9.88 Å². The third kappa shape index (κ3) is 4.77. The zero-order valence-corrected chi connectivity index (χ0v) is 16.9. The summed E-state index contributed by atoms with van der Waals surface area (Å²) in [6, 6.07) is 13.7. The Morgan fingerprint density at radius 3 is 2.45 bits per heavy atom. The van der Waals surface area contributed by atoms with E-state index in [1.165, 1.54) is 19.3 Å². The van der Waals surface area contributed by atoms with Gasteiger partial charge in [0.2, 0.25) is 5.91 Å². The van der Waals surface area contributed by atoms with Gasteiger partial charge in [-0.1, -0.05) is 18.2 Å². The molecule has 6 heteroatoms. The number of likely N-dealkylation sites (tertiary alicyclic amines) is 1. The molecule has 0 saturated carbocycles. The predicted molar refractivity (Wildman–Crippen MR) is 115 cm³/mol. The minimum absolute atomic E-state index is 0.00210. The zero-order chi connectivity index (χ0) is 20.1. The van der Waals surface area contributed by atoms with Crippen LogP contribution in [0, 0.1) is 0 Å². The minimum atomic E-state index is -0.894. The summed E-state index contributed by atoms with van der Waals surface area (Å²) in [6.45, 7) is 3.78. The van der Waals surface area contributed by atoms with Crippen molar-refractivity contribution in [2.24, 2.45) is 0 Å². The van der Waals surface area contributed by atoms with Crippen LogP contribution in [0.1, 0.15) is 37.8 Å². The van der Waals surface area contributed by atoms with Crippen LogP contribution in [0.5, 0.6) is 0 Å². The summed E-state index contributed by atoms with van der Waals surface area (Å²) in [5, 5.41) is 14.0. The quantitative estimate of drug-likeness (QED) is 0.816. The van der Waals surface area contributed by atoms with Crippen molar-refractivity contribution in [2.75, 3.05) is 42.9 Å². The van der Waals surface area contributed by atoms with Crippen LogP contribution in [0.15, 0.2) is 48.7 Å². The molecule has 29 heavy (non-hydrogen) atoms. The number of aromatic nitrogens is 1. The SMILES string of the molecule is O=C(CN1CCC(O)(c2ccccn2)CC1)Nc1ccccc1N1CCCCC1. The molecule has 0 spiro atoms. The van der Waals surface area contributed by atoms with Gasteiger partial charge in [-0.2, -0.15) is 0 Å². The van der Waals surface area contributed by atoms with Crippen LogP contribution in [-0.2, 0) is 10.4 Å². The number of carbonyl (C=O) groups is 1. The first-order valence-corrected chi connectivity index (χ1v) is 10.6. The average molecular weight is 395 g/mol. The van der Waals surface area contributed by atoms with Gasteiger partial charge in [0.05, 0.1) is 23.6 Å². The molecule has 2 N–H and O–H groups in total. The van der Waals surface area contributed by atoms with Gasteiger partial charge in [-0.25, -0.2) is 0 Å². The van der Waals surface area contributed by atoms with Crippen LogP contribution in [0.2, 0.25) is 0 Å². The zero-order valence-electron chi connectivity index (χ0n) is 16.9. The number of anilines is 2. The van der Waals surface area contributed by atoms with Gasteiger partial charge in [0.25, 0.3) is 0 Å². The fraction of sp³-hybridized carbons (Fsp3) is 0.478. The van der Waals surface area contributed by atoms with Crippen LogP contribution >= 0.6 is 0 Å². The van der Waals surface area contributed by atoms with Crippen LogP contribution < -0.4 is 10.2 Å². The van der Waals surface area contributed by atoms with Crippen LogP contribution in [0.4, 0.5) is 11.4 Å². The molecule has 2 fully saturated rings. The molecule has 2 aliphatic rings. The van der Waals surface area contributed by atoms with Gasteiger partial charge in [0, 0.05) is 32.4 Å². The third-order valence-electron chi connectivity index (χ3n) is 6.07. The standard InChI is InChI=1S/C23H30N4O2/c28-22(25-19-8-2-3-9-20(19)27-14-6-1-7-15-27)18-26-16-11-23(29,12-17-26)21-10-4-5-13-24-21/h2-5,8-10,13,29H,1,6-7,11-12,14-18H2,(H,25,28). The second-order valence-corrected chi connectivity index (χ2v) is 8.14. The number of nitrogens with one attached hydrogen (secondary N) is 1. The fourth-order valence-electron chi connectivity index (χ4n) is 4.36. The number of aliphatic hydroxyl groups is 1. The van der Waals surface area contributed by atoms with E-state index in [2.05, 4.69) is 26.2 Å². The number of amides is 1. The lowest BCUT2D eigenvalue weighted by Gasteiger charge is -2.37. The Balaban J connectivity index is 1.33. The molecule has 2 aromatic rings. The second-order valence-electron chi connectivity index (χ2n) is 8.14. The molecule has 1 amide bonds. The van der Waals surface area contributed by atoms with Crippen molar-refractivity contribution in [2.45, 2.75) is 37.7 Å². The Kier molecular flexibility index (Phi) is 6.11. The van der Waals surface area contributed by atoms with Crippen molar-refractivity contribution < 1.29 is 9.90 Å². The second kappa shape index (κ2) is 8.93. The van der Waals surface area contributed by atoms with Crippen molar-refractivity contribution in [3.8, 4) is 0 Å². The van der Waals surface area contributed by atoms with Crippen LogP contribution in [0.3, 0.4) is 0 Å². The maximum atomic E-state index is 12.7. The monoisotopic (exact) mass is 394 g/mol. The molecule has 3 heterocycles. The van der Waals surface area contributed by atoms with E-state index in [1.54, 1.807) is 6.20 Å². The molecule has 2 aliphatic heterocycles. The van der Waals surface area contributed by atoms with Gasteiger partial charge < -0.3 is 15.3 Å². The molecular formula is C23H30N4O2. The maximum absolute atomic E-state index is 12.7. The lowest BCUT2D eigenvalue weighted by molar-refractivity contribution is -0.118. The molecule has 1 aromatic carbocycles. The molecule has 6 nitrogen and oxygen atoms in total. The average Bonchev–Trinajstić information content (AvgIpc) is 2.77. The molecule has 0 atom stereocenters. The highest BCUT2D eigenvalue weighted by Gasteiger charge is 2.35. The first kappa shape index (κ1) is 19.9. The lowest BCUT2D eigenvalue weighted by Crippen LogP contribution is -2.45. The number of benzene rings is 1. The van der Waals surface area contributed by atoms with Gasteiger partial charge in [-0.3, -0.25) is 14.7 Å². The van der Waals surface area contributed by atoms with E-state index in [-0.39, 0.29) is 5.91 Å². The first-order valence-electron chi connectivity index (χ1n) is 10.6. The van der Waals surface area contributed by atoms with E-state index in [1.807, 2.05) is 36.4 Å². The third-order valence-corrected chi connectivity index (χ3v) is 6.07. The Bertz CT molecular complexity index is 813. The summed E-state index contributed by atoms with van der Waals surface area (Å²) < 4.78 is 0. The minimum Gasteiger partial charge on any atom is -0.383 e. The largest absolute Gasteiger partial charge is 0.383 e. The summed E-state index contributed by atoms with van der Waals surface area (Å²) in [5.74, 6) is -0.00210. The van der Waals surface area contributed by atoms with Crippen molar-refractivity contribution in [1.29, 1.82) is 0 Å². The number of piperidine rings is 2. The number of nitrogens with zero attached hydrogens (tertiary/aromatic N) is 3. The lowest BCUT2D eigenvalue weighted by atomic mass is 9.88. The van der Waals surface area contributed by atoms with E-state index in [0.29, 0.717) is 32.5 Å². The summed E-state index contributed by atoms with van der Waals surface area (Å²) in [7, 11) is 0. The molecule has 154 valence electrons. The Morgan fingerprint density at radius 2 is 1.72 bits per heavy atom. The number of pyridine rings is 1. The van der Waals surface area contributed by atoms with Crippen LogP contribution in [-0.4, -0.2) is 53.6 Å². The number of para-hydroxylation sites is 2. The van der Waals surface area contributed by atoms with E-state index >= 15 is 0 Å². The van der Waals surface area contributed by atoms with Crippen LogP contribution in [0.25, 0.3) is 0 Å². The van der Waals surface area contributed by atoms with Crippen molar-refractivity contribution in [3.63, 3.8) is 0 Å². The van der Waals surface area contributed by atoms with Gasteiger partial charge >= 0.3 is 0 Å². The highest BCUT2D eigenvalue weighted by molar-refractivity contribution is 5.95. The van der Waals surface area contributed by atoms with Gasteiger partial charge in [-0.15, -0.1) is 0 Å². The normalized spacial score (nSPS) is 19.7. The molecule has 0 radical (unpaired) electrons. The smallest absolute Gasteiger partial charge is 0.238 e. The molecule has 0 unspecified atom stereocenters. The topological polar surface area (TPSA) is 68.7 Å². The Hall–Kier alpha value is -2.44. The maximum Gasteiger partial charge on any atom is 0.238 e. The summed E-state index contributed by atoms with van der Waals surface area (Å²) >= 11 is 0. The highest BCUT2D eigenvalue weighted by Crippen LogP contribution is 2.32. The van der Waals surface area contributed by atoms with E-state index in [0.717, 1.165) is 30.2 Å². The first-order chi connectivity index (χ1) is 14.1. The van der Waals surface area contributed by atoms with Gasteiger partial charge in [-0.05, 0) is 56.4 Å². The molecule has 1 aromatic heterocycles. The van der Waals surface area contributed by atoms with Gasteiger partial charge in [0.15, 0.2) is 0 Å². The van der Waals surface area contributed by atoms with E-state index < -0.39 is 5.60 Å². The molecule has 0 aliphatic carbocycles. The van der Waals surface area contributed by atoms with Gasteiger partial charge in [0.1, 0.15) is 5.60 Å². The number of carbonyl (C=O) groups excluding carboxylic acids is 1. The highest BCUT2D eigenvalue weighted by atomic mass is 16.3. The number of rotatable bonds is 5.